The second-order valence-electron chi connectivity index (χ2n) is 7.02. The molecule has 0 amide bonds. The van der Waals surface area contributed by atoms with Crippen molar-refractivity contribution < 1.29 is 0 Å². The van der Waals surface area contributed by atoms with Gasteiger partial charge in [-0.15, -0.1) is 0 Å². The van der Waals surface area contributed by atoms with Gasteiger partial charge in [0, 0.05) is 18.6 Å². The highest BCUT2D eigenvalue weighted by molar-refractivity contribution is 5.31. The zero-order chi connectivity index (χ0) is 15.4. The van der Waals surface area contributed by atoms with Crippen molar-refractivity contribution >= 4 is 0 Å². The molecule has 1 saturated heterocycles. The lowest BCUT2D eigenvalue weighted by atomic mass is 9.95. The fourth-order valence-corrected chi connectivity index (χ4v) is 3.41. The summed E-state index contributed by atoms with van der Waals surface area (Å²) in [5, 5.41) is 3.55. The van der Waals surface area contributed by atoms with Crippen LogP contribution in [0.1, 0.15) is 56.3 Å². The van der Waals surface area contributed by atoms with Gasteiger partial charge in [0.25, 0.3) is 0 Å². The molecule has 1 aromatic carbocycles. The molecule has 2 heteroatoms. The molecule has 2 atom stereocenters. The summed E-state index contributed by atoms with van der Waals surface area (Å²) in [4.78, 5) is 2.67. The third kappa shape index (κ3) is 4.31. The quantitative estimate of drug-likeness (QED) is 0.878. The molecule has 0 bridgehead atoms. The minimum atomic E-state index is 0.492. The highest BCUT2D eigenvalue weighted by atomic mass is 15.2. The van der Waals surface area contributed by atoms with Crippen molar-refractivity contribution in [1.82, 2.24) is 10.2 Å². The molecule has 0 saturated carbocycles. The Hall–Kier alpha value is -0.860. The van der Waals surface area contributed by atoms with Gasteiger partial charge in [0.2, 0.25) is 0 Å². The summed E-state index contributed by atoms with van der Waals surface area (Å²) in [5.74, 6) is 0.801. The van der Waals surface area contributed by atoms with Gasteiger partial charge in [-0.3, -0.25) is 4.90 Å². The molecule has 1 aliphatic rings. The molecule has 2 nitrogen and oxygen atoms in total. The first-order chi connectivity index (χ1) is 9.99. The molecule has 0 aliphatic carbocycles. The Morgan fingerprint density at radius 2 is 1.95 bits per heavy atom. The van der Waals surface area contributed by atoms with Gasteiger partial charge in [0.05, 0.1) is 0 Å². The summed E-state index contributed by atoms with van der Waals surface area (Å²) in [5.41, 5.74) is 4.25. The van der Waals surface area contributed by atoms with Crippen molar-refractivity contribution in [2.45, 2.75) is 59.5 Å². The highest BCUT2D eigenvalue weighted by Gasteiger charge is 2.23. The van der Waals surface area contributed by atoms with Crippen molar-refractivity contribution in [3.8, 4) is 0 Å². The van der Waals surface area contributed by atoms with Gasteiger partial charge < -0.3 is 5.32 Å². The van der Waals surface area contributed by atoms with Crippen LogP contribution in [0.5, 0.6) is 0 Å². The number of rotatable bonds is 5. The molecule has 1 aliphatic heterocycles. The third-order valence-electron chi connectivity index (χ3n) is 5.04. The molecule has 1 N–H and O–H groups in total. The Morgan fingerprint density at radius 1 is 1.19 bits per heavy atom. The summed E-state index contributed by atoms with van der Waals surface area (Å²) in [7, 11) is 0. The van der Waals surface area contributed by atoms with E-state index >= 15 is 0 Å². The van der Waals surface area contributed by atoms with E-state index in [0.717, 1.165) is 5.92 Å². The van der Waals surface area contributed by atoms with Gasteiger partial charge in [0.15, 0.2) is 0 Å². The minimum absolute atomic E-state index is 0.492. The monoisotopic (exact) mass is 288 g/mol. The smallest absolute Gasteiger partial charge is 0.0322 e. The first kappa shape index (κ1) is 16.5. The molecule has 1 fully saturated rings. The van der Waals surface area contributed by atoms with Crippen LogP contribution in [0.15, 0.2) is 18.2 Å². The second kappa shape index (κ2) is 7.42. The molecule has 118 valence electrons. The topological polar surface area (TPSA) is 15.3 Å². The van der Waals surface area contributed by atoms with Crippen LogP contribution >= 0.6 is 0 Å². The number of piperidine rings is 1. The maximum absolute atomic E-state index is 3.55. The molecule has 0 aromatic heterocycles. The Bertz CT molecular complexity index is 447. The highest BCUT2D eigenvalue weighted by Crippen LogP contribution is 2.26. The van der Waals surface area contributed by atoms with Crippen LogP contribution in [0.2, 0.25) is 0 Å². The van der Waals surface area contributed by atoms with Crippen molar-refractivity contribution in [2.24, 2.45) is 5.92 Å². The first-order valence-corrected chi connectivity index (χ1v) is 8.52. The summed E-state index contributed by atoms with van der Waals surface area (Å²) in [6.07, 6.45) is 2.70. The molecule has 1 heterocycles. The standard InChI is InChI=1S/C19H32N2/c1-14(2)21(13-18-7-6-10-20-12-18)17(5)19-9-8-15(3)16(4)11-19/h8-9,11,14,17-18,20H,6-7,10,12-13H2,1-5H3. The van der Waals surface area contributed by atoms with Gasteiger partial charge in [-0.05, 0) is 83.2 Å². The van der Waals surface area contributed by atoms with E-state index in [2.05, 4.69) is 63.0 Å². The Kier molecular flexibility index (Phi) is 5.83. The average Bonchev–Trinajstić information content (AvgIpc) is 2.47. The normalized spacial score (nSPS) is 21.0. The Morgan fingerprint density at radius 3 is 2.52 bits per heavy atom. The van der Waals surface area contributed by atoms with E-state index in [-0.39, 0.29) is 0 Å². The maximum Gasteiger partial charge on any atom is 0.0322 e. The van der Waals surface area contributed by atoms with Gasteiger partial charge >= 0.3 is 0 Å². The maximum atomic E-state index is 3.55. The summed E-state index contributed by atoms with van der Waals surface area (Å²) in [6.45, 7) is 15.0. The molecule has 21 heavy (non-hydrogen) atoms. The predicted molar refractivity (Wildman–Crippen MR) is 91.8 cm³/mol. The third-order valence-corrected chi connectivity index (χ3v) is 5.04. The molecule has 0 radical (unpaired) electrons. The summed E-state index contributed by atoms with van der Waals surface area (Å²) < 4.78 is 0. The zero-order valence-electron chi connectivity index (χ0n) is 14.4. The van der Waals surface area contributed by atoms with Crippen molar-refractivity contribution in [1.29, 1.82) is 0 Å². The number of hydrogen-bond donors (Lipinski definition) is 1. The van der Waals surface area contributed by atoms with Crippen molar-refractivity contribution in [2.75, 3.05) is 19.6 Å². The molecular formula is C19H32N2. The molecular weight excluding hydrogens is 256 g/mol. The van der Waals surface area contributed by atoms with E-state index in [4.69, 9.17) is 0 Å². The van der Waals surface area contributed by atoms with E-state index in [1.165, 1.54) is 49.2 Å². The molecule has 0 spiro atoms. The van der Waals surface area contributed by atoms with Crippen LogP contribution in [-0.2, 0) is 0 Å². The second-order valence-corrected chi connectivity index (χ2v) is 7.02. The number of nitrogens with one attached hydrogen (secondary N) is 1. The van der Waals surface area contributed by atoms with E-state index in [9.17, 15) is 0 Å². The van der Waals surface area contributed by atoms with Gasteiger partial charge in [-0.1, -0.05) is 18.2 Å². The van der Waals surface area contributed by atoms with Crippen LogP contribution in [0.25, 0.3) is 0 Å². The number of hydrogen-bond acceptors (Lipinski definition) is 2. The number of aryl methyl sites for hydroxylation is 2. The molecule has 2 unspecified atom stereocenters. The molecule has 2 rings (SSSR count). The SMILES string of the molecule is Cc1ccc(C(C)N(CC2CCCNC2)C(C)C)cc1C. The fraction of sp³-hybridized carbons (Fsp3) is 0.684. The van der Waals surface area contributed by atoms with E-state index in [1.807, 2.05) is 0 Å². The lowest BCUT2D eigenvalue weighted by Gasteiger charge is -2.37. The van der Waals surface area contributed by atoms with Crippen LogP contribution in [0.3, 0.4) is 0 Å². The summed E-state index contributed by atoms with van der Waals surface area (Å²) >= 11 is 0. The van der Waals surface area contributed by atoms with Crippen LogP contribution in [0.4, 0.5) is 0 Å². The minimum Gasteiger partial charge on any atom is -0.316 e. The fourth-order valence-electron chi connectivity index (χ4n) is 3.41. The van der Waals surface area contributed by atoms with E-state index in [0.29, 0.717) is 12.1 Å². The molecule has 1 aromatic rings. The summed E-state index contributed by atoms with van der Waals surface area (Å²) in [6, 6.07) is 8.02. The zero-order valence-corrected chi connectivity index (χ0v) is 14.4. The van der Waals surface area contributed by atoms with Gasteiger partial charge in [-0.25, -0.2) is 0 Å². The lowest BCUT2D eigenvalue weighted by Crippen LogP contribution is -2.42. The lowest BCUT2D eigenvalue weighted by molar-refractivity contribution is 0.126. The van der Waals surface area contributed by atoms with Crippen molar-refractivity contribution in [3.05, 3.63) is 34.9 Å². The van der Waals surface area contributed by atoms with E-state index < -0.39 is 0 Å². The average molecular weight is 288 g/mol. The Labute approximate surface area is 130 Å². The van der Waals surface area contributed by atoms with Crippen molar-refractivity contribution in [3.63, 3.8) is 0 Å². The predicted octanol–water partition coefficient (Wildman–Crippen LogP) is 4.07. The van der Waals surface area contributed by atoms with E-state index in [1.54, 1.807) is 0 Å². The van der Waals surface area contributed by atoms with Crippen LogP contribution < -0.4 is 5.32 Å². The number of benzene rings is 1. The number of nitrogens with zero attached hydrogens (tertiary/aromatic N) is 1. The van der Waals surface area contributed by atoms with Gasteiger partial charge in [-0.2, -0.15) is 0 Å². The van der Waals surface area contributed by atoms with Crippen LogP contribution in [-0.4, -0.2) is 30.6 Å². The largest absolute Gasteiger partial charge is 0.316 e. The van der Waals surface area contributed by atoms with Gasteiger partial charge in [0.1, 0.15) is 0 Å². The van der Waals surface area contributed by atoms with Crippen LogP contribution in [0, 0.1) is 19.8 Å². The first-order valence-electron chi connectivity index (χ1n) is 8.52. The Balaban J connectivity index is 2.10.